The van der Waals surface area contributed by atoms with E-state index in [0.29, 0.717) is 6.61 Å². The smallest absolute Gasteiger partial charge is 0.124 e. The molecule has 0 spiro atoms. The summed E-state index contributed by atoms with van der Waals surface area (Å²) in [5, 5.41) is 4.18. The molecule has 1 N–H and O–H groups in total. The number of hydrogen-bond acceptors (Lipinski definition) is 2. The molecule has 1 atom stereocenters. The van der Waals surface area contributed by atoms with Gasteiger partial charge in [0, 0.05) is 10.6 Å². The van der Waals surface area contributed by atoms with Gasteiger partial charge in [0.2, 0.25) is 0 Å². The summed E-state index contributed by atoms with van der Waals surface area (Å²) in [6, 6.07) is 12.4. The first-order valence-corrected chi connectivity index (χ1v) is 7.61. The van der Waals surface area contributed by atoms with E-state index >= 15 is 0 Å². The summed E-state index contributed by atoms with van der Waals surface area (Å²) in [5.41, 5.74) is 4.64. The average molecular weight is 304 g/mol. The van der Waals surface area contributed by atoms with Gasteiger partial charge in [0.15, 0.2) is 0 Å². The summed E-state index contributed by atoms with van der Waals surface area (Å²) in [6.07, 6.45) is 0. The summed E-state index contributed by atoms with van der Waals surface area (Å²) < 4.78 is 5.79. The minimum atomic E-state index is 0.0603. The van der Waals surface area contributed by atoms with Crippen LogP contribution in [0.1, 0.15) is 35.2 Å². The molecule has 0 radical (unpaired) electrons. The minimum absolute atomic E-state index is 0.0603. The molecule has 0 fully saturated rings. The number of halogens is 1. The molecule has 0 saturated carbocycles. The first kappa shape index (κ1) is 15.9. The third-order valence-electron chi connectivity index (χ3n) is 3.69. The molecule has 2 aromatic rings. The van der Waals surface area contributed by atoms with Crippen molar-refractivity contribution < 1.29 is 4.74 Å². The highest BCUT2D eigenvalue weighted by molar-refractivity contribution is 6.31. The van der Waals surface area contributed by atoms with Crippen molar-refractivity contribution in [3.63, 3.8) is 0 Å². The van der Waals surface area contributed by atoms with Crippen LogP contribution in [0.15, 0.2) is 36.4 Å². The molecule has 1 unspecified atom stereocenters. The summed E-state index contributed by atoms with van der Waals surface area (Å²) in [5.74, 6) is 0.918. The van der Waals surface area contributed by atoms with E-state index in [1.807, 2.05) is 32.2 Å². The summed E-state index contributed by atoms with van der Waals surface area (Å²) in [4.78, 5) is 0. The number of nitrogens with one attached hydrogen (secondary N) is 1. The quantitative estimate of drug-likeness (QED) is 0.867. The largest absolute Gasteiger partial charge is 0.494 e. The average Bonchev–Trinajstić information content (AvgIpc) is 2.47. The van der Waals surface area contributed by atoms with Gasteiger partial charge in [0.1, 0.15) is 5.75 Å². The zero-order valence-electron chi connectivity index (χ0n) is 13.0. The highest BCUT2D eigenvalue weighted by Gasteiger charge is 2.19. The van der Waals surface area contributed by atoms with Crippen molar-refractivity contribution in [2.75, 3.05) is 13.7 Å². The number of aryl methyl sites for hydroxylation is 1. The Bertz CT molecular complexity index is 625. The maximum atomic E-state index is 6.28. The predicted octanol–water partition coefficient (Wildman–Crippen LogP) is 4.66. The van der Waals surface area contributed by atoms with E-state index < -0.39 is 0 Å². The van der Waals surface area contributed by atoms with Crippen molar-refractivity contribution in [2.45, 2.75) is 26.8 Å². The van der Waals surface area contributed by atoms with Crippen LogP contribution in [0.3, 0.4) is 0 Å². The summed E-state index contributed by atoms with van der Waals surface area (Å²) >= 11 is 6.28. The molecule has 0 heterocycles. The van der Waals surface area contributed by atoms with Crippen LogP contribution in [-0.4, -0.2) is 13.7 Å². The van der Waals surface area contributed by atoms with E-state index in [1.54, 1.807) is 0 Å². The Labute approximate surface area is 132 Å². The Morgan fingerprint density at radius 1 is 1.14 bits per heavy atom. The van der Waals surface area contributed by atoms with Gasteiger partial charge in [0.25, 0.3) is 0 Å². The molecular weight excluding hydrogens is 282 g/mol. The van der Waals surface area contributed by atoms with Crippen LogP contribution in [0, 0.1) is 13.8 Å². The molecule has 112 valence electrons. The lowest BCUT2D eigenvalue weighted by Crippen LogP contribution is -2.20. The molecule has 2 nitrogen and oxygen atoms in total. The van der Waals surface area contributed by atoms with Crippen LogP contribution >= 0.6 is 11.6 Å². The Kier molecular flexibility index (Phi) is 5.27. The zero-order valence-corrected chi connectivity index (χ0v) is 13.8. The monoisotopic (exact) mass is 303 g/mol. The van der Waals surface area contributed by atoms with Crippen molar-refractivity contribution in [3.8, 4) is 5.75 Å². The summed E-state index contributed by atoms with van der Waals surface area (Å²) in [7, 11) is 1.96. The van der Waals surface area contributed by atoms with Gasteiger partial charge in [-0.05, 0) is 51.1 Å². The second-order valence-electron chi connectivity index (χ2n) is 5.15. The van der Waals surface area contributed by atoms with E-state index in [9.17, 15) is 0 Å². The van der Waals surface area contributed by atoms with Gasteiger partial charge in [-0.1, -0.05) is 41.4 Å². The lowest BCUT2D eigenvalue weighted by molar-refractivity contribution is 0.334. The zero-order chi connectivity index (χ0) is 15.4. The number of rotatable bonds is 5. The standard InChI is InChI=1S/C18H22ClNO/c1-5-21-17-10-9-12(2)11-15(17)18(20-4)14-7-6-8-16(19)13(14)3/h6-11,18,20H,5H2,1-4H3. The topological polar surface area (TPSA) is 21.3 Å². The predicted molar refractivity (Wildman–Crippen MR) is 89.4 cm³/mol. The van der Waals surface area contributed by atoms with E-state index in [1.165, 1.54) is 11.1 Å². The van der Waals surface area contributed by atoms with Crippen LogP contribution in [-0.2, 0) is 0 Å². The number of benzene rings is 2. The molecule has 2 rings (SSSR count). The first-order valence-electron chi connectivity index (χ1n) is 7.24. The molecule has 0 bridgehead atoms. The first-order chi connectivity index (χ1) is 10.1. The third kappa shape index (κ3) is 3.39. The lowest BCUT2D eigenvalue weighted by atomic mass is 9.93. The molecule has 2 aromatic carbocycles. The van der Waals surface area contributed by atoms with Crippen LogP contribution in [0.5, 0.6) is 5.75 Å². The van der Waals surface area contributed by atoms with Crippen molar-refractivity contribution >= 4 is 11.6 Å². The van der Waals surface area contributed by atoms with Gasteiger partial charge in [-0.3, -0.25) is 0 Å². The Hall–Kier alpha value is -1.51. The van der Waals surface area contributed by atoms with Gasteiger partial charge in [-0.25, -0.2) is 0 Å². The van der Waals surface area contributed by atoms with Crippen molar-refractivity contribution in [1.29, 1.82) is 0 Å². The molecule has 0 saturated heterocycles. The van der Waals surface area contributed by atoms with Crippen LogP contribution in [0.4, 0.5) is 0 Å². The second-order valence-corrected chi connectivity index (χ2v) is 5.56. The maximum Gasteiger partial charge on any atom is 0.124 e. The molecular formula is C18H22ClNO. The molecule has 0 aromatic heterocycles. The van der Waals surface area contributed by atoms with E-state index in [2.05, 4.69) is 37.4 Å². The minimum Gasteiger partial charge on any atom is -0.494 e. The van der Waals surface area contributed by atoms with Gasteiger partial charge < -0.3 is 10.1 Å². The maximum absolute atomic E-state index is 6.28. The SMILES string of the molecule is CCOc1ccc(C)cc1C(NC)c1cccc(Cl)c1C. The van der Waals surface area contributed by atoms with Crippen molar-refractivity contribution in [3.05, 3.63) is 63.7 Å². The van der Waals surface area contributed by atoms with Crippen molar-refractivity contribution in [1.82, 2.24) is 5.32 Å². The van der Waals surface area contributed by atoms with Gasteiger partial charge in [0.05, 0.1) is 12.6 Å². The number of ether oxygens (including phenoxy) is 1. The van der Waals surface area contributed by atoms with Crippen LogP contribution < -0.4 is 10.1 Å². The third-order valence-corrected chi connectivity index (χ3v) is 4.09. The Morgan fingerprint density at radius 3 is 2.57 bits per heavy atom. The molecule has 0 amide bonds. The molecule has 3 heteroatoms. The molecule has 21 heavy (non-hydrogen) atoms. The normalized spacial score (nSPS) is 12.2. The van der Waals surface area contributed by atoms with E-state index in [-0.39, 0.29) is 6.04 Å². The van der Waals surface area contributed by atoms with E-state index in [0.717, 1.165) is 21.9 Å². The van der Waals surface area contributed by atoms with Crippen LogP contribution in [0.25, 0.3) is 0 Å². The lowest BCUT2D eigenvalue weighted by Gasteiger charge is -2.23. The van der Waals surface area contributed by atoms with Crippen molar-refractivity contribution in [2.24, 2.45) is 0 Å². The van der Waals surface area contributed by atoms with Gasteiger partial charge in [-0.15, -0.1) is 0 Å². The molecule has 0 aliphatic carbocycles. The molecule has 0 aliphatic rings. The van der Waals surface area contributed by atoms with Gasteiger partial charge >= 0.3 is 0 Å². The fraction of sp³-hybridized carbons (Fsp3) is 0.333. The number of hydrogen-bond donors (Lipinski definition) is 1. The van der Waals surface area contributed by atoms with Crippen LogP contribution in [0.2, 0.25) is 5.02 Å². The van der Waals surface area contributed by atoms with Gasteiger partial charge in [-0.2, -0.15) is 0 Å². The Balaban J connectivity index is 2.55. The molecule has 0 aliphatic heterocycles. The summed E-state index contributed by atoms with van der Waals surface area (Å²) in [6.45, 7) is 6.80. The van der Waals surface area contributed by atoms with E-state index in [4.69, 9.17) is 16.3 Å². The second kappa shape index (κ2) is 6.97. The Morgan fingerprint density at radius 2 is 1.90 bits per heavy atom. The fourth-order valence-corrected chi connectivity index (χ4v) is 2.78. The fourth-order valence-electron chi connectivity index (χ4n) is 2.60. The highest BCUT2D eigenvalue weighted by atomic mass is 35.5. The highest BCUT2D eigenvalue weighted by Crippen LogP contribution is 2.34.